The minimum absolute atomic E-state index is 0.695. The monoisotopic (exact) mass is 592 g/mol. The Labute approximate surface area is 263 Å². The summed E-state index contributed by atoms with van der Waals surface area (Å²) in [6, 6.07) is 38.8. The lowest BCUT2D eigenvalue weighted by Crippen LogP contribution is -1.94. The Morgan fingerprint density at radius 3 is 1.59 bits per heavy atom. The van der Waals surface area contributed by atoms with Gasteiger partial charge >= 0.3 is 0 Å². The Bertz CT molecular complexity index is 2530. The number of nitrogens with zero attached hydrogens (tertiary/aromatic N) is 4. The number of aromatic nitrogens is 4. The van der Waals surface area contributed by atoms with Crippen molar-refractivity contribution < 1.29 is 8.83 Å². The lowest BCUT2D eigenvalue weighted by Gasteiger charge is -2.19. The van der Waals surface area contributed by atoms with Gasteiger partial charge in [-0.15, -0.1) is 0 Å². The summed E-state index contributed by atoms with van der Waals surface area (Å²) in [5, 5.41) is 6.97. The van der Waals surface area contributed by atoms with Crippen molar-refractivity contribution >= 4 is 32.3 Å². The van der Waals surface area contributed by atoms with E-state index in [-0.39, 0.29) is 0 Å². The van der Waals surface area contributed by atoms with Crippen LogP contribution >= 0.6 is 0 Å². The van der Waals surface area contributed by atoms with Crippen LogP contribution in [0.25, 0.3) is 88.5 Å². The molecule has 4 aromatic heterocycles. The second kappa shape index (κ2) is 10.6. The molecule has 5 aromatic carbocycles. The average Bonchev–Trinajstić information content (AvgIpc) is 3.86. The van der Waals surface area contributed by atoms with Crippen LogP contribution in [-0.2, 0) is 0 Å². The van der Waals surface area contributed by atoms with E-state index in [1.165, 1.54) is 29.1 Å². The molecule has 0 aliphatic rings. The third-order valence-corrected chi connectivity index (χ3v) is 8.61. The average molecular weight is 593 g/mol. The van der Waals surface area contributed by atoms with Gasteiger partial charge in [-0.25, -0.2) is 9.97 Å². The maximum Gasteiger partial charge on any atom is 0.181 e. The number of pyridine rings is 2. The third-order valence-electron chi connectivity index (χ3n) is 8.61. The molecule has 216 valence electrons. The number of oxazole rings is 2. The van der Waals surface area contributed by atoms with E-state index in [2.05, 4.69) is 129 Å². The first kappa shape index (κ1) is 26.0. The molecule has 46 heavy (non-hydrogen) atoms. The first-order chi connectivity index (χ1) is 22.8. The van der Waals surface area contributed by atoms with Crippen LogP contribution in [0.4, 0.5) is 0 Å². The highest BCUT2D eigenvalue weighted by molar-refractivity contribution is 6.22. The van der Waals surface area contributed by atoms with Crippen LogP contribution in [0.15, 0.2) is 156 Å². The number of hydrogen-bond acceptors (Lipinski definition) is 6. The summed E-state index contributed by atoms with van der Waals surface area (Å²) in [7, 11) is 0. The number of hydrogen-bond donors (Lipinski definition) is 0. The second-order valence-electron chi connectivity index (χ2n) is 11.2. The first-order valence-corrected chi connectivity index (χ1v) is 15.0. The van der Waals surface area contributed by atoms with Crippen molar-refractivity contribution in [3.05, 3.63) is 147 Å². The minimum atomic E-state index is 0.695. The molecule has 0 aliphatic carbocycles. The fourth-order valence-electron chi connectivity index (χ4n) is 6.58. The second-order valence-corrected chi connectivity index (χ2v) is 11.2. The van der Waals surface area contributed by atoms with Gasteiger partial charge in [0.25, 0.3) is 0 Å². The van der Waals surface area contributed by atoms with E-state index in [1.54, 1.807) is 12.5 Å². The van der Waals surface area contributed by atoms with Crippen LogP contribution < -0.4 is 0 Å². The molecule has 0 radical (unpaired) electrons. The molecular weight excluding hydrogens is 568 g/mol. The molecule has 0 saturated carbocycles. The molecule has 0 unspecified atom stereocenters. The maximum atomic E-state index is 5.29. The van der Waals surface area contributed by atoms with Gasteiger partial charge in [0, 0.05) is 12.4 Å². The summed E-state index contributed by atoms with van der Waals surface area (Å²) in [5.74, 6) is 0. The molecule has 0 saturated heterocycles. The summed E-state index contributed by atoms with van der Waals surface area (Å²) in [4.78, 5) is 17.9. The Morgan fingerprint density at radius 2 is 0.957 bits per heavy atom. The lowest BCUT2D eigenvalue weighted by molar-refractivity contribution is 0.558. The van der Waals surface area contributed by atoms with E-state index in [9.17, 15) is 0 Å². The van der Waals surface area contributed by atoms with Gasteiger partial charge in [0.15, 0.2) is 12.8 Å². The number of rotatable bonds is 5. The number of benzene rings is 5. The van der Waals surface area contributed by atoms with E-state index in [0.717, 1.165) is 60.8 Å². The van der Waals surface area contributed by atoms with Crippen LogP contribution in [0.3, 0.4) is 0 Å². The largest absolute Gasteiger partial charge is 0.451 e. The topological polar surface area (TPSA) is 77.8 Å². The van der Waals surface area contributed by atoms with Gasteiger partial charge in [0.05, 0.1) is 11.4 Å². The zero-order valence-electron chi connectivity index (χ0n) is 24.5. The lowest BCUT2D eigenvalue weighted by atomic mass is 9.84. The Morgan fingerprint density at radius 1 is 0.391 bits per heavy atom. The highest BCUT2D eigenvalue weighted by Crippen LogP contribution is 2.46. The maximum absolute atomic E-state index is 5.29. The first-order valence-electron chi connectivity index (χ1n) is 15.0. The Hall–Kier alpha value is -6.40. The van der Waals surface area contributed by atoms with Gasteiger partial charge in [-0.2, -0.15) is 0 Å². The Balaban J connectivity index is 1.38. The van der Waals surface area contributed by atoms with E-state index in [0.29, 0.717) is 11.4 Å². The van der Waals surface area contributed by atoms with Crippen molar-refractivity contribution in [2.24, 2.45) is 0 Å². The van der Waals surface area contributed by atoms with Gasteiger partial charge in [0.2, 0.25) is 0 Å². The highest BCUT2D eigenvalue weighted by atomic mass is 16.3. The van der Waals surface area contributed by atoms with Crippen LogP contribution in [0.1, 0.15) is 0 Å². The molecule has 0 atom stereocenters. The van der Waals surface area contributed by atoms with Crippen molar-refractivity contribution in [1.82, 2.24) is 19.9 Å². The fraction of sp³-hybridized carbons (Fsp3) is 0. The number of fused-ring (bicyclic) bond motifs is 3. The molecular formula is C40H24N4O2. The molecule has 0 bridgehead atoms. The zero-order valence-corrected chi connectivity index (χ0v) is 24.5. The van der Waals surface area contributed by atoms with Gasteiger partial charge in [-0.1, -0.05) is 78.9 Å². The summed E-state index contributed by atoms with van der Waals surface area (Å²) >= 11 is 0. The van der Waals surface area contributed by atoms with Gasteiger partial charge < -0.3 is 8.83 Å². The summed E-state index contributed by atoms with van der Waals surface area (Å²) < 4.78 is 10.6. The highest BCUT2D eigenvalue weighted by Gasteiger charge is 2.19. The van der Waals surface area contributed by atoms with Crippen LogP contribution in [0.5, 0.6) is 0 Å². The molecule has 4 heterocycles. The molecule has 0 N–H and O–H groups in total. The Kier molecular flexibility index (Phi) is 6.03. The van der Waals surface area contributed by atoms with Gasteiger partial charge in [-0.3, -0.25) is 9.97 Å². The van der Waals surface area contributed by atoms with Crippen molar-refractivity contribution in [3.63, 3.8) is 0 Å². The van der Waals surface area contributed by atoms with Crippen LogP contribution in [0, 0.1) is 0 Å². The van der Waals surface area contributed by atoms with E-state index >= 15 is 0 Å². The van der Waals surface area contributed by atoms with Crippen molar-refractivity contribution in [2.75, 3.05) is 0 Å². The smallest absolute Gasteiger partial charge is 0.181 e. The minimum Gasteiger partial charge on any atom is -0.451 e. The molecule has 6 nitrogen and oxygen atoms in total. The molecule has 0 fully saturated rings. The molecule has 6 heteroatoms. The van der Waals surface area contributed by atoms with E-state index in [1.807, 2.05) is 12.4 Å². The van der Waals surface area contributed by atoms with Crippen molar-refractivity contribution in [1.29, 1.82) is 0 Å². The molecule has 0 aliphatic heterocycles. The van der Waals surface area contributed by atoms with Crippen molar-refractivity contribution in [3.8, 4) is 56.2 Å². The normalized spacial score (nSPS) is 11.5. The standard InChI is InChI=1S/C40H24N4O2/c1-2-8-29-25(6-1)7-5-11-30(29)26-12-13-33-34(18-26)40(28-15-17-42-36(20-28)38-22-46-24-44-38)32-10-4-3-9-31(32)39(33)27-14-16-41-35(19-27)37-21-45-23-43-37/h1-24H. The zero-order chi connectivity index (χ0) is 30.5. The quantitative estimate of drug-likeness (QED) is 0.185. The summed E-state index contributed by atoms with van der Waals surface area (Å²) in [6.45, 7) is 0. The molecule has 0 spiro atoms. The van der Waals surface area contributed by atoms with Crippen LogP contribution in [0.2, 0.25) is 0 Å². The SMILES string of the molecule is c1ccc2c(-c3ccc4c(-c5ccnc(-c6cocn6)c5)c5ccccc5c(-c5ccnc(-c6cocn6)c5)c4c3)cccc2c1. The third kappa shape index (κ3) is 4.27. The van der Waals surface area contributed by atoms with Gasteiger partial charge in [-0.05, 0) is 96.0 Å². The van der Waals surface area contributed by atoms with E-state index in [4.69, 9.17) is 8.83 Å². The van der Waals surface area contributed by atoms with Crippen LogP contribution in [-0.4, -0.2) is 19.9 Å². The summed E-state index contributed by atoms with van der Waals surface area (Å²) in [5.41, 5.74) is 9.61. The predicted octanol–water partition coefficient (Wildman–Crippen LogP) is 10.2. The predicted molar refractivity (Wildman–Crippen MR) is 182 cm³/mol. The molecule has 9 aromatic rings. The van der Waals surface area contributed by atoms with Crippen molar-refractivity contribution in [2.45, 2.75) is 0 Å². The summed E-state index contributed by atoms with van der Waals surface area (Å²) in [6.07, 6.45) is 9.79. The molecule has 0 amide bonds. The van der Waals surface area contributed by atoms with Gasteiger partial charge in [0.1, 0.15) is 23.9 Å². The molecule has 9 rings (SSSR count). The fourth-order valence-corrected chi connectivity index (χ4v) is 6.58. The van der Waals surface area contributed by atoms with E-state index < -0.39 is 0 Å².